The van der Waals surface area contributed by atoms with Gasteiger partial charge in [-0.1, -0.05) is 25.5 Å². The highest BCUT2D eigenvalue weighted by Gasteiger charge is 2.29. The van der Waals surface area contributed by atoms with Crippen LogP contribution < -0.4 is 11.3 Å². The Labute approximate surface area is 157 Å². The predicted molar refractivity (Wildman–Crippen MR) is 105 cm³/mol. The summed E-state index contributed by atoms with van der Waals surface area (Å²) >= 11 is 0. The number of pyridine rings is 1. The molecule has 4 rings (SSSR count). The molecule has 3 aromatic rings. The molecule has 136 valence electrons. The van der Waals surface area contributed by atoms with Gasteiger partial charge in [-0.25, -0.2) is 9.97 Å². The van der Waals surface area contributed by atoms with E-state index in [2.05, 4.69) is 18.0 Å². The van der Waals surface area contributed by atoms with E-state index in [0.29, 0.717) is 33.7 Å². The molecular weight excluding hydrogens is 338 g/mol. The second-order valence-electron chi connectivity index (χ2n) is 7.04. The molecule has 0 bridgehead atoms. The summed E-state index contributed by atoms with van der Waals surface area (Å²) in [6.07, 6.45) is 4.84. The van der Waals surface area contributed by atoms with Crippen molar-refractivity contribution in [2.45, 2.75) is 45.1 Å². The third-order valence-corrected chi connectivity index (χ3v) is 4.89. The molecule has 0 atom stereocenters. The summed E-state index contributed by atoms with van der Waals surface area (Å²) in [5, 5.41) is 9.16. The summed E-state index contributed by atoms with van der Waals surface area (Å²) in [6.45, 7) is 2.13. The number of fused-ring (bicyclic) bond motifs is 1. The van der Waals surface area contributed by atoms with Crippen LogP contribution in [0.4, 0.5) is 5.69 Å². The molecule has 0 unspecified atom stereocenters. The number of rotatable bonds is 5. The molecule has 0 spiro atoms. The van der Waals surface area contributed by atoms with E-state index in [1.165, 1.54) is 0 Å². The molecule has 2 N–H and O–H groups in total. The summed E-state index contributed by atoms with van der Waals surface area (Å²) in [5.41, 5.74) is 10.1. The van der Waals surface area contributed by atoms with Crippen LogP contribution in [0.2, 0.25) is 0 Å². The lowest BCUT2D eigenvalue weighted by molar-refractivity contribution is 0.718. The molecule has 0 radical (unpaired) electrons. The Hall–Kier alpha value is -3.20. The lowest BCUT2D eigenvalue weighted by Crippen LogP contribution is -2.24. The minimum Gasteiger partial charge on any atom is -0.397 e. The van der Waals surface area contributed by atoms with Crippen molar-refractivity contribution in [2.24, 2.45) is 0 Å². The average molecular weight is 359 g/mol. The van der Waals surface area contributed by atoms with Crippen molar-refractivity contribution < 1.29 is 0 Å². The molecule has 0 aliphatic heterocycles. The molecule has 0 saturated heterocycles. The van der Waals surface area contributed by atoms with Gasteiger partial charge in [-0.15, -0.1) is 0 Å². The largest absolute Gasteiger partial charge is 0.397 e. The van der Waals surface area contributed by atoms with Crippen LogP contribution in [0.15, 0.2) is 35.1 Å². The lowest BCUT2D eigenvalue weighted by atomic mass is 10.1. The summed E-state index contributed by atoms with van der Waals surface area (Å²) < 4.78 is 1.75. The lowest BCUT2D eigenvalue weighted by Gasteiger charge is -2.14. The van der Waals surface area contributed by atoms with Crippen molar-refractivity contribution in [3.05, 3.63) is 51.9 Å². The molecule has 1 aliphatic carbocycles. The monoisotopic (exact) mass is 359 g/mol. The Bertz CT molecular complexity index is 1120. The highest BCUT2D eigenvalue weighted by atomic mass is 16.1. The third-order valence-electron chi connectivity index (χ3n) is 4.89. The highest BCUT2D eigenvalue weighted by molar-refractivity contribution is 5.86. The van der Waals surface area contributed by atoms with Gasteiger partial charge in [0.25, 0.3) is 5.56 Å². The number of anilines is 1. The Morgan fingerprint density at radius 3 is 2.81 bits per heavy atom. The van der Waals surface area contributed by atoms with Gasteiger partial charge in [0.1, 0.15) is 11.2 Å². The number of nitriles is 1. The molecule has 0 amide bonds. The fourth-order valence-corrected chi connectivity index (χ4v) is 3.33. The van der Waals surface area contributed by atoms with Crippen LogP contribution in [0.25, 0.3) is 22.4 Å². The van der Waals surface area contributed by atoms with Gasteiger partial charge >= 0.3 is 0 Å². The molecule has 6 nitrogen and oxygen atoms in total. The van der Waals surface area contributed by atoms with Crippen molar-refractivity contribution in [3.8, 4) is 17.3 Å². The first-order valence-electron chi connectivity index (χ1n) is 9.34. The molecule has 2 aromatic heterocycles. The molecule has 2 heterocycles. The molecule has 1 aliphatic rings. The number of nitrogens with two attached hydrogens (primary N) is 1. The van der Waals surface area contributed by atoms with E-state index in [4.69, 9.17) is 16.0 Å². The number of hydrogen-bond donors (Lipinski definition) is 1. The van der Waals surface area contributed by atoms with E-state index in [9.17, 15) is 4.79 Å². The second kappa shape index (κ2) is 6.84. The zero-order chi connectivity index (χ0) is 19.0. The maximum absolute atomic E-state index is 13.2. The summed E-state index contributed by atoms with van der Waals surface area (Å²) in [4.78, 5) is 22.6. The van der Waals surface area contributed by atoms with E-state index in [1.807, 2.05) is 6.07 Å². The number of hydrogen-bond acceptors (Lipinski definition) is 5. The smallest absolute Gasteiger partial charge is 0.279 e. The number of aryl methyl sites for hydroxylation is 1. The van der Waals surface area contributed by atoms with Gasteiger partial charge in [-0.2, -0.15) is 5.26 Å². The summed E-state index contributed by atoms with van der Waals surface area (Å²) in [7, 11) is 0. The Kier molecular flexibility index (Phi) is 4.36. The maximum Gasteiger partial charge on any atom is 0.279 e. The van der Waals surface area contributed by atoms with Gasteiger partial charge in [0.2, 0.25) is 0 Å². The zero-order valence-corrected chi connectivity index (χ0v) is 15.3. The SMILES string of the molecule is CCCCc1cc(N)c2nc(-c3cccc(C#N)c3)c(=O)n(C3CC3)c2n1. The molecule has 1 saturated carbocycles. The summed E-state index contributed by atoms with van der Waals surface area (Å²) in [6, 6.07) is 11.1. The first-order chi connectivity index (χ1) is 13.1. The molecule has 1 aromatic carbocycles. The van der Waals surface area contributed by atoms with Gasteiger partial charge in [0.15, 0.2) is 5.65 Å². The predicted octanol–water partition coefficient (Wildman–Crippen LogP) is 3.59. The topological polar surface area (TPSA) is 97.6 Å². The van der Waals surface area contributed by atoms with Crippen molar-refractivity contribution in [2.75, 3.05) is 5.73 Å². The van der Waals surface area contributed by atoms with Crippen molar-refractivity contribution >= 4 is 16.9 Å². The quantitative estimate of drug-likeness (QED) is 0.751. The van der Waals surface area contributed by atoms with Gasteiger partial charge < -0.3 is 5.73 Å². The highest BCUT2D eigenvalue weighted by Crippen LogP contribution is 2.36. The first-order valence-corrected chi connectivity index (χ1v) is 9.34. The molecule has 27 heavy (non-hydrogen) atoms. The van der Waals surface area contributed by atoms with Crippen LogP contribution in [-0.4, -0.2) is 14.5 Å². The molecular formula is C21H21N5O. The van der Waals surface area contributed by atoms with Crippen LogP contribution in [0.3, 0.4) is 0 Å². The zero-order valence-electron chi connectivity index (χ0n) is 15.3. The van der Waals surface area contributed by atoms with Gasteiger partial charge in [0.05, 0.1) is 17.3 Å². The molecule has 1 fully saturated rings. The van der Waals surface area contributed by atoms with Crippen LogP contribution in [-0.2, 0) is 6.42 Å². The van der Waals surface area contributed by atoms with Gasteiger partial charge in [-0.3, -0.25) is 9.36 Å². The minimum absolute atomic E-state index is 0.147. The molecule has 6 heteroatoms. The van der Waals surface area contributed by atoms with Crippen LogP contribution >= 0.6 is 0 Å². The van der Waals surface area contributed by atoms with E-state index in [0.717, 1.165) is 37.8 Å². The van der Waals surface area contributed by atoms with E-state index < -0.39 is 0 Å². The standard InChI is InChI=1S/C21H21N5O/c1-2-3-7-15-11-17(23)19-20(24-15)26(16-8-9-16)21(27)18(25-19)14-6-4-5-13(10-14)12-22/h4-6,10-11,16H,2-3,7-9H2,1H3,(H2,23,24). The van der Waals surface area contributed by atoms with Crippen LogP contribution in [0, 0.1) is 11.3 Å². The normalized spacial score (nSPS) is 13.6. The van der Waals surface area contributed by atoms with Crippen LogP contribution in [0.1, 0.15) is 49.9 Å². The minimum atomic E-state index is -0.167. The van der Waals surface area contributed by atoms with Crippen molar-refractivity contribution in [1.29, 1.82) is 5.26 Å². The number of aromatic nitrogens is 3. The average Bonchev–Trinajstić information content (AvgIpc) is 3.51. The number of nitrogen functional groups attached to an aromatic ring is 1. The third kappa shape index (κ3) is 3.17. The fraction of sp³-hybridized carbons (Fsp3) is 0.333. The maximum atomic E-state index is 13.2. The van der Waals surface area contributed by atoms with Gasteiger partial charge in [0, 0.05) is 17.3 Å². The fourth-order valence-electron chi connectivity index (χ4n) is 3.33. The number of unbranched alkanes of at least 4 members (excludes halogenated alkanes) is 1. The second-order valence-corrected chi connectivity index (χ2v) is 7.04. The number of benzene rings is 1. The van der Waals surface area contributed by atoms with Crippen molar-refractivity contribution in [3.63, 3.8) is 0 Å². The van der Waals surface area contributed by atoms with E-state index in [1.54, 1.807) is 28.8 Å². The number of nitrogens with zero attached hydrogens (tertiary/aromatic N) is 4. The first kappa shape index (κ1) is 17.2. The van der Waals surface area contributed by atoms with E-state index >= 15 is 0 Å². The van der Waals surface area contributed by atoms with Crippen LogP contribution in [0.5, 0.6) is 0 Å². The van der Waals surface area contributed by atoms with Crippen molar-refractivity contribution in [1.82, 2.24) is 14.5 Å². The van der Waals surface area contributed by atoms with E-state index in [-0.39, 0.29) is 11.6 Å². The Morgan fingerprint density at radius 1 is 1.30 bits per heavy atom. The summed E-state index contributed by atoms with van der Waals surface area (Å²) in [5.74, 6) is 0. The Balaban J connectivity index is 1.97. The van der Waals surface area contributed by atoms with Gasteiger partial charge in [-0.05, 0) is 43.9 Å². The Morgan fingerprint density at radius 2 is 2.11 bits per heavy atom.